The van der Waals surface area contributed by atoms with Crippen LogP contribution in [0.3, 0.4) is 0 Å². The van der Waals surface area contributed by atoms with Crippen LogP contribution >= 0.6 is 11.8 Å². The van der Waals surface area contributed by atoms with Gasteiger partial charge in [0.2, 0.25) is 0 Å². The van der Waals surface area contributed by atoms with E-state index in [1.165, 1.54) is 0 Å². The maximum atomic E-state index is 11.4. The van der Waals surface area contributed by atoms with E-state index in [4.69, 9.17) is 4.74 Å². The summed E-state index contributed by atoms with van der Waals surface area (Å²) in [4.78, 5) is 12.6. The number of benzene rings is 1. The van der Waals surface area contributed by atoms with E-state index in [-0.39, 0.29) is 0 Å². The van der Waals surface area contributed by atoms with E-state index in [2.05, 4.69) is 0 Å². The van der Waals surface area contributed by atoms with Gasteiger partial charge in [-0.3, -0.25) is 0 Å². The topological polar surface area (TPSA) is 46.5 Å². The highest BCUT2D eigenvalue weighted by Crippen LogP contribution is 2.24. The molecule has 3 nitrogen and oxygen atoms in total. The first kappa shape index (κ1) is 14.2. The quantitative estimate of drug-likeness (QED) is 0.678. The van der Waals surface area contributed by atoms with Crippen LogP contribution in [0, 0.1) is 5.92 Å². The van der Waals surface area contributed by atoms with Crippen molar-refractivity contribution >= 4 is 23.3 Å². The van der Waals surface area contributed by atoms with Gasteiger partial charge in [-0.1, -0.05) is 18.2 Å². The number of hydrogen-bond donors (Lipinski definition) is 1. The number of allylic oxidation sites excluding steroid dienone is 1. The van der Waals surface area contributed by atoms with Crippen molar-refractivity contribution in [3.8, 4) is 0 Å². The van der Waals surface area contributed by atoms with Gasteiger partial charge < -0.3 is 9.84 Å². The molecule has 0 unspecified atom stereocenters. The van der Waals surface area contributed by atoms with Gasteiger partial charge in [0.25, 0.3) is 0 Å². The van der Waals surface area contributed by atoms with Crippen LogP contribution in [0.4, 0.5) is 0 Å². The van der Waals surface area contributed by atoms with Crippen molar-refractivity contribution in [2.24, 2.45) is 5.92 Å². The third kappa shape index (κ3) is 3.85. The second-order valence-electron chi connectivity index (χ2n) is 4.56. The van der Waals surface area contributed by atoms with Gasteiger partial charge in [0.05, 0.1) is 5.57 Å². The largest absolute Gasteiger partial charge is 0.478 e. The van der Waals surface area contributed by atoms with Gasteiger partial charge in [-0.2, -0.15) is 0 Å². The molecule has 1 heterocycles. The summed E-state index contributed by atoms with van der Waals surface area (Å²) >= 11 is 1.65. The van der Waals surface area contributed by atoms with Crippen molar-refractivity contribution in [2.75, 3.05) is 19.5 Å². The van der Waals surface area contributed by atoms with Crippen molar-refractivity contribution in [1.29, 1.82) is 0 Å². The van der Waals surface area contributed by atoms with E-state index >= 15 is 0 Å². The number of aliphatic carboxylic acids is 1. The standard InChI is InChI=1S/C15H18O3S/c1-19-13-4-2-12(3-5-13)14(15(16)17)10-11-6-8-18-9-7-11/h2-5,10-11H,6-9H2,1H3,(H,16,17)/b14-10+. The van der Waals surface area contributed by atoms with E-state index in [1.54, 1.807) is 11.8 Å². The van der Waals surface area contributed by atoms with Crippen molar-refractivity contribution in [3.63, 3.8) is 0 Å². The first-order valence-electron chi connectivity index (χ1n) is 6.38. The maximum Gasteiger partial charge on any atom is 0.335 e. The lowest BCUT2D eigenvalue weighted by Crippen LogP contribution is -2.15. The lowest BCUT2D eigenvalue weighted by molar-refractivity contribution is -0.130. The molecule has 19 heavy (non-hydrogen) atoms. The molecule has 2 rings (SSSR count). The van der Waals surface area contributed by atoms with Crippen LogP contribution in [-0.2, 0) is 9.53 Å². The van der Waals surface area contributed by atoms with Crippen molar-refractivity contribution in [1.82, 2.24) is 0 Å². The summed E-state index contributed by atoms with van der Waals surface area (Å²) in [5, 5.41) is 9.38. The molecule has 0 radical (unpaired) electrons. The molecule has 0 bridgehead atoms. The maximum absolute atomic E-state index is 11.4. The number of carboxylic acids is 1. The second-order valence-corrected chi connectivity index (χ2v) is 5.44. The third-order valence-electron chi connectivity index (χ3n) is 3.30. The molecule has 0 aromatic heterocycles. The summed E-state index contributed by atoms with van der Waals surface area (Å²) in [6.07, 6.45) is 5.70. The zero-order valence-electron chi connectivity index (χ0n) is 11.0. The van der Waals surface area contributed by atoms with Crippen LogP contribution in [0.1, 0.15) is 18.4 Å². The summed E-state index contributed by atoms with van der Waals surface area (Å²) in [6, 6.07) is 7.68. The number of carbonyl (C=O) groups is 1. The normalized spacial score (nSPS) is 17.4. The predicted molar refractivity (Wildman–Crippen MR) is 77.4 cm³/mol. The number of ether oxygens (including phenoxy) is 1. The Balaban J connectivity index is 2.22. The molecule has 0 atom stereocenters. The van der Waals surface area contributed by atoms with Crippen LogP contribution in [-0.4, -0.2) is 30.5 Å². The second kappa shape index (κ2) is 6.78. The number of thioether (sulfide) groups is 1. The van der Waals surface area contributed by atoms with E-state index in [0.29, 0.717) is 11.5 Å². The first-order valence-corrected chi connectivity index (χ1v) is 7.60. The van der Waals surface area contributed by atoms with Crippen LogP contribution in [0.2, 0.25) is 0 Å². The molecule has 0 aliphatic carbocycles. The Bertz CT molecular complexity index is 459. The molecule has 4 heteroatoms. The van der Waals surface area contributed by atoms with Gasteiger partial charge in [0.1, 0.15) is 0 Å². The lowest BCUT2D eigenvalue weighted by Gasteiger charge is -2.19. The Kier molecular flexibility index (Phi) is 5.05. The Morgan fingerprint density at radius 1 is 1.32 bits per heavy atom. The molecule has 1 aliphatic rings. The van der Waals surface area contributed by atoms with Gasteiger partial charge in [0.15, 0.2) is 0 Å². The van der Waals surface area contributed by atoms with Gasteiger partial charge >= 0.3 is 5.97 Å². The van der Waals surface area contributed by atoms with E-state index in [0.717, 1.165) is 36.5 Å². The number of hydrogen-bond acceptors (Lipinski definition) is 3. The predicted octanol–water partition coefficient (Wildman–Crippen LogP) is 3.30. The highest BCUT2D eigenvalue weighted by Gasteiger charge is 2.16. The van der Waals surface area contributed by atoms with E-state index < -0.39 is 5.97 Å². The van der Waals surface area contributed by atoms with Crippen molar-refractivity contribution in [3.05, 3.63) is 35.9 Å². The van der Waals surface area contributed by atoms with Crippen LogP contribution in [0.15, 0.2) is 35.2 Å². The minimum Gasteiger partial charge on any atom is -0.478 e. The van der Waals surface area contributed by atoms with Crippen LogP contribution in [0.5, 0.6) is 0 Å². The Morgan fingerprint density at radius 3 is 2.47 bits per heavy atom. The molecule has 0 spiro atoms. The van der Waals surface area contributed by atoms with Gasteiger partial charge in [-0.25, -0.2) is 4.79 Å². The highest BCUT2D eigenvalue weighted by molar-refractivity contribution is 7.98. The van der Waals surface area contributed by atoms with Crippen molar-refractivity contribution in [2.45, 2.75) is 17.7 Å². The zero-order valence-corrected chi connectivity index (χ0v) is 11.8. The molecule has 1 saturated heterocycles. The molecule has 1 fully saturated rings. The van der Waals surface area contributed by atoms with Crippen LogP contribution in [0.25, 0.3) is 5.57 Å². The average Bonchev–Trinajstić information content (AvgIpc) is 2.46. The smallest absolute Gasteiger partial charge is 0.335 e. The molecular weight excluding hydrogens is 260 g/mol. The number of rotatable bonds is 4. The Labute approximate surface area is 117 Å². The minimum atomic E-state index is -0.858. The summed E-state index contributed by atoms with van der Waals surface area (Å²) in [6.45, 7) is 1.44. The lowest BCUT2D eigenvalue weighted by atomic mass is 9.94. The SMILES string of the molecule is CSc1ccc(/C(=C\C2CCOCC2)C(=O)O)cc1. The minimum absolute atomic E-state index is 0.306. The van der Waals surface area contributed by atoms with Gasteiger partial charge in [0, 0.05) is 18.1 Å². The monoisotopic (exact) mass is 278 g/mol. The summed E-state index contributed by atoms with van der Waals surface area (Å²) in [5.74, 6) is -0.552. The van der Waals surface area contributed by atoms with E-state index in [9.17, 15) is 9.90 Å². The number of carboxylic acid groups (broad SMARTS) is 1. The average molecular weight is 278 g/mol. The molecule has 102 valence electrons. The molecule has 1 aromatic carbocycles. The van der Waals surface area contributed by atoms with Gasteiger partial charge in [-0.15, -0.1) is 11.8 Å². The Morgan fingerprint density at radius 2 is 1.95 bits per heavy atom. The first-order chi connectivity index (χ1) is 9.20. The zero-order chi connectivity index (χ0) is 13.7. The molecular formula is C15H18O3S. The van der Waals surface area contributed by atoms with E-state index in [1.807, 2.05) is 36.6 Å². The molecule has 0 saturated carbocycles. The molecule has 1 N–H and O–H groups in total. The van der Waals surface area contributed by atoms with Crippen LogP contribution < -0.4 is 0 Å². The van der Waals surface area contributed by atoms with Gasteiger partial charge in [-0.05, 0) is 42.7 Å². The molecule has 1 aromatic rings. The summed E-state index contributed by atoms with van der Waals surface area (Å²) < 4.78 is 5.30. The third-order valence-corrected chi connectivity index (χ3v) is 4.04. The fourth-order valence-electron chi connectivity index (χ4n) is 2.18. The highest BCUT2D eigenvalue weighted by atomic mass is 32.2. The summed E-state index contributed by atoms with van der Waals surface area (Å²) in [5.41, 5.74) is 1.18. The van der Waals surface area contributed by atoms with Crippen molar-refractivity contribution < 1.29 is 14.6 Å². The summed E-state index contributed by atoms with van der Waals surface area (Å²) in [7, 11) is 0. The molecule has 0 amide bonds. The fraction of sp³-hybridized carbons (Fsp3) is 0.400. The molecule has 1 aliphatic heterocycles. The fourth-order valence-corrected chi connectivity index (χ4v) is 2.59. The Hall–Kier alpha value is -1.26.